The Morgan fingerprint density at radius 2 is 1.91 bits per heavy atom. The topological polar surface area (TPSA) is 58.4 Å². The van der Waals surface area contributed by atoms with Crippen LogP contribution in [0, 0.1) is 18.8 Å². The maximum atomic E-state index is 12.6. The molecule has 1 saturated heterocycles. The van der Waals surface area contributed by atoms with Crippen molar-refractivity contribution in [1.82, 2.24) is 15.4 Å². The lowest BCUT2D eigenvalue weighted by atomic mass is 9.91. The number of hydrogen-bond donors (Lipinski definition) is 1. The number of aromatic nitrogens is 1. The second-order valence-electron chi connectivity index (χ2n) is 7.70. The van der Waals surface area contributed by atoms with Gasteiger partial charge in [0.2, 0.25) is 0 Å². The van der Waals surface area contributed by atoms with E-state index in [-0.39, 0.29) is 17.9 Å². The van der Waals surface area contributed by atoms with Crippen LogP contribution in [0.2, 0.25) is 0 Å². The predicted molar refractivity (Wildman–Crippen MR) is 91.6 cm³/mol. The van der Waals surface area contributed by atoms with Crippen LogP contribution in [-0.2, 0) is 0 Å². The van der Waals surface area contributed by atoms with Crippen molar-refractivity contribution in [3.8, 4) is 0 Å². The number of piperidine rings is 1. The summed E-state index contributed by atoms with van der Waals surface area (Å²) in [7, 11) is 0. The van der Waals surface area contributed by atoms with E-state index in [4.69, 9.17) is 4.52 Å². The van der Waals surface area contributed by atoms with Gasteiger partial charge >= 0.3 is 0 Å². The van der Waals surface area contributed by atoms with E-state index >= 15 is 0 Å². The number of likely N-dealkylation sites (tertiary alicyclic amines) is 1. The van der Waals surface area contributed by atoms with Gasteiger partial charge < -0.3 is 14.7 Å². The molecule has 2 heterocycles. The molecule has 23 heavy (non-hydrogen) atoms. The van der Waals surface area contributed by atoms with Gasteiger partial charge in [-0.2, -0.15) is 0 Å². The molecule has 130 valence electrons. The zero-order valence-corrected chi connectivity index (χ0v) is 15.3. The summed E-state index contributed by atoms with van der Waals surface area (Å²) in [5, 5.41) is 7.07. The predicted octanol–water partition coefficient (Wildman–Crippen LogP) is 3.20. The standard InChI is InChI=1S/C18H31N3O2/c1-11(2)17-16(15(6)20-23-17)18(22)19-14(5)10-21-8-12(3)7-13(4)9-21/h11-14H,7-10H2,1-6H3,(H,19,22)/t12-,13-,14-/m1/s1. The number of amides is 1. The SMILES string of the molecule is Cc1noc(C(C)C)c1C(=O)N[C@H](C)CN1C[C@H](C)C[C@@H](C)C1. The fraction of sp³-hybridized carbons (Fsp3) is 0.778. The van der Waals surface area contributed by atoms with E-state index in [1.54, 1.807) is 0 Å². The third kappa shape index (κ3) is 4.56. The Labute approximate surface area is 139 Å². The number of nitrogens with one attached hydrogen (secondary N) is 1. The quantitative estimate of drug-likeness (QED) is 0.905. The Balaban J connectivity index is 1.96. The van der Waals surface area contributed by atoms with Gasteiger partial charge in [-0.25, -0.2) is 0 Å². The summed E-state index contributed by atoms with van der Waals surface area (Å²) in [6.45, 7) is 15.7. The monoisotopic (exact) mass is 321 g/mol. The van der Waals surface area contributed by atoms with E-state index < -0.39 is 0 Å². The van der Waals surface area contributed by atoms with Crippen LogP contribution >= 0.6 is 0 Å². The Bertz CT molecular complexity index is 528. The number of rotatable bonds is 5. The highest BCUT2D eigenvalue weighted by atomic mass is 16.5. The summed E-state index contributed by atoms with van der Waals surface area (Å²) in [5.74, 6) is 2.21. The molecule has 0 unspecified atom stereocenters. The molecule has 5 nitrogen and oxygen atoms in total. The highest BCUT2D eigenvalue weighted by Gasteiger charge is 2.26. The molecule has 1 fully saturated rings. The zero-order valence-electron chi connectivity index (χ0n) is 15.3. The summed E-state index contributed by atoms with van der Waals surface area (Å²) in [6.07, 6.45) is 1.30. The van der Waals surface area contributed by atoms with Crippen LogP contribution in [-0.4, -0.2) is 41.6 Å². The molecule has 0 saturated carbocycles. The van der Waals surface area contributed by atoms with Gasteiger partial charge in [0.25, 0.3) is 5.91 Å². The number of hydrogen-bond acceptors (Lipinski definition) is 4. The van der Waals surface area contributed by atoms with Crippen LogP contribution in [0.15, 0.2) is 4.52 Å². The average Bonchev–Trinajstić information content (AvgIpc) is 2.79. The Morgan fingerprint density at radius 1 is 1.30 bits per heavy atom. The lowest BCUT2D eigenvalue weighted by Gasteiger charge is -2.36. The molecule has 1 aromatic heterocycles. The summed E-state index contributed by atoms with van der Waals surface area (Å²) < 4.78 is 5.32. The second-order valence-corrected chi connectivity index (χ2v) is 7.70. The first-order valence-electron chi connectivity index (χ1n) is 8.77. The number of carbonyl (C=O) groups excluding carboxylic acids is 1. The van der Waals surface area contributed by atoms with E-state index in [0.717, 1.165) is 31.5 Å². The minimum absolute atomic E-state index is 0.0712. The van der Waals surface area contributed by atoms with Crippen LogP contribution < -0.4 is 5.32 Å². The van der Waals surface area contributed by atoms with Crippen molar-refractivity contribution in [1.29, 1.82) is 0 Å². The normalized spacial score (nSPS) is 24.0. The van der Waals surface area contributed by atoms with Crippen molar-refractivity contribution in [2.75, 3.05) is 19.6 Å². The minimum atomic E-state index is -0.0712. The van der Waals surface area contributed by atoms with Gasteiger partial charge in [-0.1, -0.05) is 32.9 Å². The highest BCUT2D eigenvalue weighted by molar-refractivity contribution is 5.96. The molecule has 5 heteroatoms. The second kappa shape index (κ2) is 7.47. The van der Waals surface area contributed by atoms with Crippen molar-refractivity contribution in [2.45, 2.75) is 59.9 Å². The minimum Gasteiger partial charge on any atom is -0.360 e. The fourth-order valence-corrected chi connectivity index (χ4v) is 3.73. The van der Waals surface area contributed by atoms with E-state index in [1.165, 1.54) is 6.42 Å². The van der Waals surface area contributed by atoms with Gasteiger partial charge in [0.15, 0.2) is 5.76 Å². The number of carbonyl (C=O) groups is 1. The summed E-state index contributed by atoms with van der Waals surface area (Å²) in [4.78, 5) is 15.1. The van der Waals surface area contributed by atoms with Crippen molar-refractivity contribution in [2.24, 2.45) is 11.8 Å². The highest BCUT2D eigenvalue weighted by Crippen LogP contribution is 2.23. The van der Waals surface area contributed by atoms with Gasteiger partial charge in [0.1, 0.15) is 5.56 Å². The summed E-state index contributed by atoms with van der Waals surface area (Å²) in [6, 6.07) is 0.106. The molecule has 0 aromatic carbocycles. The van der Waals surface area contributed by atoms with Gasteiger partial charge in [-0.3, -0.25) is 4.79 Å². The third-order valence-corrected chi connectivity index (χ3v) is 4.49. The smallest absolute Gasteiger partial charge is 0.257 e. The molecular formula is C18H31N3O2. The molecule has 2 rings (SSSR count). The molecule has 1 N–H and O–H groups in total. The molecule has 0 aliphatic carbocycles. The van der Waals surface area contributed by atoms with E-state index in [0.29, 0.717) is 17.0 Å². The van der Waals surface area contributed by atoms with Gasteiger partial charge in [-0.15, -0.1) is 0 Å². The fourth-order valence-electron chi connectivity index (χ4n) is 3.73. The molecule has 1 aliphatic heterocycles. The van der Waals surface area contributed by atoms with Gasteiger partial charge in [0.05, 0.1) is 5.69 Å². The van der Waals surface area contributed by atoms with Crippen molar-refractivity contribution >= 4 is 5.91 Å². The molecule has 3 atom stereocenters. The van der Waals surface area contributed by atoms with Crippen LogP contribution in [0.4, 0.5) is 0 Å². The van der Waals surface area contributed by atoms with E-state index in [2.05, 4.69) is 36.1 Å². The maximum Gasteiger partial charge on any atom is 0.257 e. The molecular weight excluding hydrogens is 290 g/mol. The Morgan fingerprint density at radius 3 is 2.48 bits per heavy atom. The summed E-state index contributed by atoms with van der Waals surface area (Å²) >= 11 is 0. The average molecular weight is 321 g/mol. The molecule has 0 spiro atoms. The maximum absolute atomic E-state index is 12.6. The van der Waals surface area contributed by atoms with E-state index in [1.807, 2.05) is 20.8 Å². The van der Waals surface area contributed by atoms with Crippen molar-refractivity contribution in [3.05, 3.63) is 17.0 Å². The molecule has 1 aromatic rings. The third-order valence-electron chi connectivity index (χ3n) is 4.49. The molecule has 1 aliphatic rings. The van der Waals surface area contributed by atoms with Gasteiger partial charge in [0, 0.05) is 31.6 Å². The van der Waals surface area contributed by atoms with Crippen molar-refractivity contribution in [3.63, 3.8) is 0 Å². The first kappa shape index (κ1) is 18.0. The van der Waals surface area contributed by atoms with Crippen LogP contribution in [0.5, 0.6) is 0 Å². The van der Waals surface area contributed by atoms with Crippen LogP contribution in [0.1, 0.15) is 68.8 Å². The zero-order chi connectivity index (χ0) is 17.1. The Kier molecular flexibility index (Phi) is 5.84. The van der Waals surface area contributed by atoms with Crippen LogP contribution in [0.3, 0.4) is 0 Å². The van der Waals surface area contributed by atoms with Crippen molar-refractivity contribution < 1.29 is 9.32 Å². The molecule has 0 radical (unpaired) electrons. The Hall–Kier alpha value is -1.36. The van der Waals surface area contributed by atoms with Gasteiger partial charge in [-0.05, 0) is 32.1 Å². The molecule has 0 bridgehead atoms. The summed E-state index contributed by atoms with van der Waals surface area (Å²) in [5.41, 5.74) is 1.27. The number of nitrogens with zero attached hydrogens (tertiary/aromatic N) is 2. The van der Waals surface area contributed by atoms with Crippen LogP contribution in [0.25, 0.3) is 0 Å². The van der Waals surface area contributed by atoms with E-state index in [9.17, 15) is 4.79 Å². The number of aryl methyl sites for hydroxylation is 1. The first-order valence-corrected chi connectivity index (χ1v) is 8.77. The largest absolute Gasteiger partial charge is 0.360 e. The molecule has 1 amide bonds. The lowest BCUT2D eigenvalue weighted by Crippen LogP contribution is -2.47. The lowest BCUT2D eigenvalue weighted by molar-refractivity contribution is 0.0902. The first-order chi connectivity index (χ1) is 10.8.